The summed E-state index contributed by atoms with van der Waals surface area (Å²) in [5.41, 5.74) is 0.651. The van der Waals surface area contributed by atoms with Gasteiger partial charge in [0, 0.05) is 25.2 Å². The van der Waals surface area contributed by atoms with Gasteiger partial charge in [0.1, 0.15) is 5.02 Å². The molecule has 1 aliphatic rings. The summed E-state index contributed by atoms with van der Waals surface area (Å²) in [7, 11) is 0. The van der Waals surface area contributed by atoms with Gasteiger partial charge in [0.25, 0.3) is 5.69 Å². The van der Waals surface area contributed by atoms with E-state index < -0.39 is 10.9 Å². The quantitative estimate of drug-likeness (QED) is 0.682. The Labute approximate surface area is 127 Å². The number of benzene rings is 1. The molecule has 6 nitrogen and oxygen atoms in total. The molecule has 2 unspecified atom stereocenters. The zero-order chi connectivity index (χ0) is 15.6. The third-order valence-corrected chi connectivity index (χ3v) is 4.27. The fraction of sp³-hybridized carbons (Fsp3) is 0.500. The minimum absolute atomic E-state index is 0.110. The largest absolute Gasteiger partial charge is 0.481 e. The molecule has 0 aliphatic carbocycles. The highest BCUT2D eigenvalue weighted by atomic mass is 35.5. The number of carboxylic acids is 1. The lowest BCUT2D eigenvalue weighted by Crippen LogP contribution is -2.43. The van der Waals surface area contributed by atoms with Crippen molar-refractivity contribution >= 4 is 23.3 Å². The molecule has 2 atom stereocenters. The smallest absolute Gasteiger partial charge is 0.307 e. The summed E-state index contributed by atoms with van der Waals surface area (Å²) in [4.78, 5) is 23.6. The number of hydrogen-bond donors (Lipinski definition) is 1. The standard InChI is InChI=1S/C14H17ClN2O4/c1-9-2-4-11(14(18)19)8-16(9)7-10-3-5-12(15)13(6-10)17(20)21/h3,5-6,9,11H,2,4,7-8H2,1H3,(H,18,19). The molecule has 1 N–H and O–H groups in total. The molecule has 2 rings (SSSR count). The van der Waals surface area contributed by atoms with Gasteiger partial charge < -0.3 is 5.11 Å². The molecular formula is C14H17ClN2O4. The summed E-state index contributed by atoms with van der Waals surface area (Å²) >= 11 is 5.79. The lowest BCUT2D eigenvalue weighted by molar-refractivity contribution is -0.384. The minimum Gasteiger partial charge on any atom is -0.481 e. The molecule has 0 radical (unpaired) electrons. The summed E-state index contributed by atoms with van der Waals surface area (Å²) in [6.45, 7) is 3.00. The topological polar surface area (TPSA) is 83.7 Å². The van der Waals surface area contributed by atoms with Crippen LogP contribution in [0, 0.1) is 16.0 Å². The van der Waals surface area contributed by atoms with Gasteiger partial charge in [-0.2, -0.15) is 0 Å². The maximum Gasteiger partial charge on any atom is 0.307 e. The number of hydrogen-bond acceptors (Lipinski definition) is 4. The minimum atomic E-state index is -0.783. The second-order valence-electron chi connectivity index (χ2n) is 5.43. The first-order valence-electron chi connectivity index (χ1n) is 6.78. The van der Waals surface area contributed by atoms with Crippen molar-refractivity contribution in [2.24, 2.45) is 5.92 Å². The van der Waals surface area contributed by atoms with Gasteiger partial charge in [0.05, 0.1) is 10.8 Å². The van der Waals surface area contributed by atoms with Crippen LogP contribution in [0.25, 0.3) is 0 Å². The van der Waals surface area contributed by atoms with Crippen LogP contribution in [-0.2, 0) is 11.3 Å². The van der Waals surface area contributed by atoms with Crippen LogP contribution in [0.3, 0.4) is 0 Å². The predicted octanol–water partition coefficient (Wildman–Crippen LogP) is 2.93. The summed E-state index contributed by atoms with van der Waals surface area (Å²) in [6.07, 6.45) is 1.49. The maximum atomic E-state index is 11.1. The van der Waals surface area contributed by atoms with Crippen LogP contribution in [0.1, 0.15) is 25.3 Å². The Balaban J connectivity index is 2.14. The van der Waals surface area contributed by atoms with Gasteiger partial charge in [-0.05, 0) is 31.4 Å². The Morgan fingerprint density at radius 1 is 1.52 bits per heavy atom. The van der Waals surface area contributed by atoms with E-state index in [0.717, 1.165) is 12.0 Å². The molecule has 0 saturated carbocycles. The lowest BCUT2D eigenvalue weighted by atomic mass is 9.93. The number of nitro groups is 1. The van der Waals surface area contributed by atoms with Gasteiger partial charge >= 0.3 is 5.97 Å². The maximum absolute atomic E-state index is 11.1. The first-order valence-corrected chi connectivity index (χ1v) is 7.16. The average Bonchev–Trinajstić information content (AvgIpc) is 2.42. The van der Waals surface area contributed by atoms with Crippen LogP contribution < -0.4 is 0 Å². The zero-order valence-corrected chi connectivity index (χ0v) is 12.4. The molecule has 1 saturated heterocycles. The number of piperidine rings is 1. The van der Waals surface area contributed by atoms with E-state index in [1.807, 2.05) is 6.92 Å². The Bertz CT molecular complexity index is 564. The number of nitro benzene ring substituents is 1. The normalized spacial score (nSPS) is 23.0. The summed E-state index contributed by atoms with van der Waals surface area (Å²) in [5.74, 6) is -1.16. The van der Waals surface area contributed by atoms with Crippen LogP contribution in [0.2, 0.25) is 5.02 Å². The third-order valence-electron chi connectivity index (χ3n) is 3.95. The van der Waals surface area contributed by atoms with E-state index in [1.165, 1.54) is 12.1 Å². The van der Waals surface area contributed by atoms with Crippen molar-refractivity contribution in [3.05, 3.63) is 38.9 Å². The van der Waals surface area contributed by atoms with Crippen molar-refractivity contribution in [3.8, 4) is 0 Å². The SMILES string of the molecule is CC1CCC(C(=O)O)CN1Cc1ccc(Cl)c([N+](=O)[O-])c1. The van der Waals surface area contributed by atoms with E-state index in [1.54, 1.807) is 6.07 Å². The van der Waals surface area contributed by atoms with E-state index in [0.29, 0.717) is 19.5 Å². The molecule has 1 heterocycles. The summed E-state index contributed by atoms with van der Waals surface area (Å²) in [5, 5.41) is 20.1. The zero-order valence-electron chi connectivity index (χ0n) is 11.7. The van der Waals surface area contributed by atoms with Crippen LogP contribution in [0.4, 0.5) is 5.69 Å². The van der Waals surface area contributed by atoms with Crippen molar-refractivity contribution in [2.75, 3.05) is 6.54 Å². The number of halogens is 1. The second-order valence-corrected chi connectivity index (χ2v) is 5.84. The number of nitrogens with zero attached hydrogens (tertiary/aromatic N) is 2. The van der Waals surface area contributed by atoms with Gasteiger partial charge in [-0.25, -0.2) is 0 Å². The molecule has 0 spiro atoms. The van der Waals surface area contributed by atoms with Crippen molar-refractivity contribution in [1.29, 1.82) is 0 Å². The van der Waals surface area contributed by atoms with E-state index in [4.69, 9.17) is 16.7 Å². The summed E-state index contributed by atoms with van der Waals surface area (Å²) < 4.78 is 0. The number of rotatable bonds is 4. The van der Waals surface area contributed by atoms with Crippen LogP contribution in [-0.4, -0.2) is 33.5 Å². The Kier molecular flexibility index (Phi) is 4.80. The van der Waals surface area contributed by atoms with Crippen molar-refractivity contribution < 1.29 is 14.8 Å². The lowest BCUT2D eigenvalue weighted by Gasteiger charge is -2.36. The molecular weight excluding hydrogens is 296 g/mol. The highest BCUT2D eigenvalue weighted by Gasteiger charge is 2.29. The number of aliphatic carboxylic acids is 1. The fourth-order valence-electron chi connectivity index (χ4n) is 2.63. The fourth-order valence-corrected chi connectivity index (χ4v) is 2.82. The van der Waals surface area contributed by atoms with Crippen molar-refractivity contribution in [2.45, 2.75) is 32.4 Å². The Morgan fingerprint density at radius 2 is 2.24 bits per heavy atom. The van der Waals surface area contributed by atoms with E-state index in [2.05, 4.69) is 4.90 Å². The van der Waals surface area contributed by atoms with Gasteiger partial charge in [0.2, 0.25) is 0 Å². The average molecular weight is 313 g/mol. The van der Waals surface area contributed by atoms with E-state index >= 15 is 0 Å². The van der Waals surface area contributed by atoms with Crippen molar-refractivity contribution in [1.82, 2.24) is 4.90 Å². The molecule has 1 aliphatic heterocycles. The predicted molar refractivity (Wildman–Crippen MR) is 78.3 cm³/mol. The van der Waals surface area contributed by atoms with Gasteiger partial charge in [-0.1, -0.05) is 17.7 Å². The van der Waals surface area contributed by atoms with Crippen molar-refractivity contribution in [3.63, 3.8) is 0 Å². The van der Waals surface area contributed by atoms with Gasteiger partial charge in [0.15, 0.2) is 0 Å². The summed E-state index contributed by atoms with van der Waals surface area (Å²) in [6, 6.07) is 4.97. The van der Waals surface area contributed by atoms with Crippen LogP contribution in [0.15, 0.2) is 18.2 Å². The highest BCUT2D eigenvalue weighted by molar-refractivity contribution is 6.32. The number of likely N-dealkylation sites (tertiary alicyclic amines) is 1. The number of carboxylic acid groups (broad SMARTS) is 1. The van der Waals surface area contributed by atoms with Crippen LogP contribution >= 0.6 is 11.6 Å². The molecule has 1 fully saturated rings. The molecule has 21 heavy (non-hydrogen) atoms. The van der Waals surface area contributed by atoms with E-state index in [9.17, 15) is 14.9 Å². The molecule has 1 aromatic rings. The molecule has 0 aromatic heterocycles. The first-order chi connectivity index (χ1) is 9.88. The van der Waals surface area contributed by atoms with Gasteiger partial charge in [-0.15, -0.1) is 0 Å². The van der Waals surface area contributed by atoms with E-state index in [-0.39, 0.29) is 22.7 Å². The second kappa shape index (κ2) is 6.41. The molecule has 114 valence electrons. The third kappa shape index (κ3) is 3.71. The Hall–Kier alpha value is -1.66. The monoisotopic (exact) mass is 312 g/mol. The number of carbonyl (C=O) groups is 1. The molecule has 0 bridgehead atoms. The molecule has 1 aromatic carbocycles. The molecule has 0 amide bonds. The molecule has 7 heteroatoms. The van der Waals surface area contributed by atoms with Gasteiger partial charge in [-0.3, -0.25) is 19.8 Å². The van der Waals surface area contributed by atoms with Crippen LogP contribution in [0.5, 0.6) is 0 Å². The first kappa shape index (κ1) is 15.7. The Morgan fingerprint density at radius 3 is 2.86 bits per heavy atom. The highest BCUT2D eigenvalue weighted by Crippen LogP contribution is 2.28.